The molecule has 3 rings (SSSR count). The number of rotatable bonds is 8. The monoisotopic (exact) mass is 446 g/mol. The Morgan fingerprint density at radius 1 is 1.19 bits per heavy atom. The third kappa shape index (κ3) is 7.93. The molecule has 0 amide bonds. The molecule has 1 atom stereocenters. The van der Waals surface area contributed by atoms with Gasteiger partial charge < -0.3 is 19.9 Å². The van der Waals surface area contributed by atoms with E-state index in [1.807, 2.05) is 18.5 Å². The van der Waals surface area contributed by atoms with Crippen molar-refractivity contribution in [2.24, 2.45) is 12.0 Å². The smallest absolute Gasteiger partial charge is 0.379 e. The van der Waals surface area contributed by atoms with Gasteiger partial charge in [0.15, 0.2) is 11.8 Å². The minimum atomic E-state index is -4.17. The molecular formula is C19H33F3N8O. The van der Waals surface area contributed by atoms with Crippen LogP contribution in [-0.4, -0.2) is 102 Å². The van der Waals surface area contributed by atoms with Crippen molar-refractivity contribution in [3.05, 3.63) is 11.6 Å². The first-order chi connectivity index (χ1) is 14.8. The van der Waals surface area contributed by atoms with E-state index in [9.17, 15) is 13.2 Å². The summed E-state index contributed by atoms with van der Waals surface area (Å²) in [7, 11) is 1.88. The van der Waals surface area contributed by atoms with Crippen LogP contribution in [0.3, 0.4) is 0 Å². The number of aliphatic imine (C=N–C) groups is 1. The summed E-state index contributed by atoms with van der Waals surface area (Å²) in [6.45, 7) is 7.23. The summed E-state index contributed by atoms with van der Waals surface area (Å²) in [4.78, 5) is 8.41. The molecule has 12 heteroatoms. The minimum Gasteiger partial charge on any atom is -0.379 e. The minimum absolute atomic E-state index is 0.0749. The quantitative estimate of drug-likeness (QED) is 0.342. The number of nitrogens with one attached hydrogen (secondary N) is 2. The fourth-order valence-corrected chi connectivity index (χ4v) is 3.77. The molecular weight excluding hydrogens is 413 g/mol. The van der Waals surface area contributed by atoms with E-state index in [-0.39, 0.29) is 6.04 Å². The van der Waals surface area contributed by atoms with Gasteiger partial charge in [0.05, 0.1) is 19.8 Å². The van der Waals surface area contributed by atoms with Gasteiger partial charge in [0.25, 0.3) is 0 Å². The van der Waals surface area contributed by atoms with Crippen LogP contribution in [0, 0.1) is 6.92 Å². The average molecular weight is 447 g/mol. The van der Waals surface area contributed by atoms with Gasteiger partial charge in [-0.2, -0.15) is 13.2 Å². The molecule has 176 valence electrons. The van der Waals surface area contributed by atoms with Crippen molar-refractivity contribution < 1.29 is 17.9 Å². The Morgan fingerprint density at radius 2 is 1.97 bits per heavy atom. The summed E-state index contributed by atoms with van der Waals surface area (Å²) in [5.74, 6) is 2.13. The molecule has 2 fully saturated rings. The average Bonchev–Trinajstić information content (AvgIpc) is 3.29. The summed E-state index contributed by atoms with van der Waals surface area (Å²) in [6, 6.07) is -0.0749. The van der Waals surface area contributed by atoms with E-state index < -0.39 is 12.7 Å². The zero-order valence-electron chi connectivity index (χ0n) is 18.3. The Morgan fingerprint density at radius 3 is 2.65 bits per heavy atom. The number of ether oxygens (including phenoxy) is 1. The molecule has 2 aliphatic heterocycles. The fraction of sp³-hybridized carbons (Fsp3) is 0.842. The molecule has 31 heavy (non-hydrogen) atoms. The summed E-state index contributed by atoms with van der Waals surface area (Å²) in [5.41, 5.74) is 0. The molecule has 3 heterocycles. The lowest BCUT2D eigenvalue weighted by atomic mass is 10.3. The number of guanidine groups is 1. The Bertz CT molecular complexity index is 717. The van der Waals surface area contributed by atoms with E-state index in [0.717, 1.165) is 57.5 Å². The molecule has 0 saturated carbocycles. The van der Waals surface area contributed by atoms with E-state index >= 15 is 0 Å². The molecule has 2 aliphatic rings. The highest BCUT2D eigenvalue weighted by Gasteiger charge is 2.34. The SMILES string of the molecule is Cc1nnc(CN=C(NCCCN2CCOCC2)NC2CCN(CC(F)(F)F)C2)n1C. The molecule has 0 radical (unpaired) electrons. The van der Waals surface area contributed by atoms with Crippen molar-refractivity contribution in [2.45, 2.75) is 38.5 Å². The number of aryl methyl sites for hydroxylation is 1. The lowest BCUT2D eigenvalue weighted by Crippen LogP contribution is -2.46. The molecule has 0 spiro atoms. The van der Waals surface area contributed by atoms with E-state index in [2.05, 4.69) is 30.7 Å². The number of halogens is 3. The van der Waals surface area contributed by atoms with Gasteiger partial charge in [-0.1, -0.05) is 0 Å². The standard InChI is InChI=1S/C19H33F3N8O/c1-15-26-27-17(28(15)2)12-24-18(23-5-3-6-29-8-10-31-11-9-29)25-16-4-7-30(13-16)14-19(20,21)22/h16H,3-14H2,1-2H3,(H2,23,24,25). The van der Waals surface area contributed by atoms with E-state index in [1.165, 1.54) is 4.90 Å². The second-order valence-corrected chi connectivity index (χ2v) is 8.10. The molecule has 2 N–H and O–H groups in total. The Labute approximate surface area is 181 Å². The highest BCUT2D eigenvalue weighted by atomic mass is 19.4. The lowest BCUT2D eigenvalue weighted by Gasteiger charge is -2.26. The number of likely N-dealkylation sites (tertiary alicyclic amines) is 1. The van der Waals surface area contributed by atoms with Crippen molar-refractivity contribution in [3.8, 4) is 0 Å². The zero-order chi connectivity index (χ0) is 22.3. The third-order valence-corrected chi connectivity index (χ3v) is 5.62. The van der Waals surface area contributed by atoms with Gasteiger partial charge in [-0.05, 0) is 26.3 Å². The molecule has 2 saturated heterocycles. The van der Waals surface area contributed by atoms with E-state index in [1.54, 1.807) is 0 Å². The summed E-state index contributed by atoms with van der Waals surface area (Å²) < 4.78 is 45.3. The number of morpholine rings is 1. The van der Waals surface area contributed by atoms with Crippen LogP contribution < -0.4 is 10.6 Å². The maximum Gasteiger partial charge on any atom is 0.401 e. The summed E-state index contributed by atoms with van der Waals surface area (Å²) >= 11 is 0. The van der Waals surface area contributed by atoms with Gasteiger partial charge in [-0.25, -0.2) is 4.99 Å². The number of hydrogen-bond donors (Lipinski definition) is 2. The number of nitrogens with zero attached hydrogens (tertiary/aromatic N) is 6. The fourth-order valence-electron chi connectivity index (χ4n) is 3.77. The van der Waals surface area contributed by atoms with Crippen LogP contribution >= 0.6 is 0 Å². The van der Waals surface area contributed by atoms with Crippen molar-refractivity contribution >= 4 is 5.96 Å². The second-order valence-electron chi connectivity index (χ2n) is 8.10. The highest BCUT2D eigenvalue weighted by Crippen LogP contribution is 2.19. The molecule has 0 bridgehead atoms. The predicted molar refractivity (Wildman–Crippen MR) is 111 cm³/mol. The number of alkyl halides is 3. The number of hydrogen-bond acceptors (Lipinski definition) is 6. The third-order valence-electron chi connectivity index (χ3n) is 5.62. The van der Waals surface area contributed by atoms with Crippen LogP contribution in [0.25, 0.3) is 0 Å². The molecule has 1 aromatic rings. The molecule has 1 unspecified atom stereocenters. The molecule has 1 aromatic heterocycles. The van der Waals surface area contributed by atoms with Crippen LogP contribution in [0.5, 0.6) is 0 Å². The van der Waals surface area contributed by atoms with Gasteiger partial charge >= 0.3 is 6.18 Å². The van der Waals surface area contributed by atoms with Gasteiger partial charge in [0, 0.05) is 45.8 Å². The van der Waals surface area contributed by atoms with Crippen molar-refractivity contribution in [1.82, 2.24) is 35.2 Å². The van der Waals surface area contributed by atoms with Crippen LogP contribution in [-0.2, 0) is 18.3 Å². The Kier molecular flexibility index (Phi) is 8.50. The lowest BCUT2D eigenvalue weighted by molar-refractivity contribution is -0.143. The maximum atomic E-state index is 12.7. The second kappa shape index (κ2) is 11.1. The van der Waals surface area contributed by atoms with Crippen molar-refractivity contribution in [1.29, 1.82) is 0 Å². The first-order valence-electron chi connectivity index (χ1n) is 10.8. The topological polar surface area (TPSA) is 82.8 Å². The summed E-state index contributed by atoms with van der Waals surface area (Å²) in [5, 5.41) is 14.8. The Balaban J connectivity index is 1.52. The molecule has 0 aliphatic carbocycles. The van der Waals surface area contributed by atoms with Crippen LogP contribution in [0.4, 0.5) is 13.2 Å². The normalized spacial score (nSPS) is 21.6. The first kappa shape index (κ1) is 23.7. The maximum absolute atomic E-state index is 12.7. The van der Waals surface area contributed by atoms with E-state index in [4.69, 9.17) is 4.74 Å². The van der Waals surface area contributed by atoms with Crippen LogP contribution in [0.15, 0.2) is 4.99 Å². The van der Waals surface area contributed by atoms with Gasteiger partial charge in [0.2, 0.25) is 0 Å². The van der Waals surface area contributed by atoms with Crippen molar-refractivity contribution in [3.63, 3.8) is 0 Å². The van der Waals surface area contributed by atoms with Gasteiger partial charge in [-0.3, -0.25) is 9.80 Å². The largest absolute Gasteiger partial charge is 0.401 e. The molecule has 9 nitrogen and oxygen atoms in total. The van der Waals surface area contributed by atoms with Gasteiger partial charge in [-0.15, -0.1) is 10.2 Å². The van der Waals surface area contributed by atoms with Crippen LogP contribution in [0.2, 0.25) is 0 Å². The highest BCUT2D eigenvalue weighted by molar-refractivity contribution is 5.80. The summed E-state index contributed by atoms with van der Waals surface area (Å²) in [6.07, 6.45) is -2.59. The van der Waals surface area contributed by atoms with E-state index in [0.29, 0.717) is 32.0 Å². The number of aromatic nitrogens is 3. The van der Waals surface area contributed by atoms with Gasteiger partial charge in [0.1, 0.15) is 12.4 Å². The van der Waals surface area contributed by atoms with Crippen molar-refractivity contribution in [2.75, 3.05) is 59.0 Å². The Hall–Kier alpha value is -1.92. The molecule has 0 aromatic carbocycles. The zero-order valence-corrected chi connectivity index (χ0v) is 18.3. The first-order valence-corrected chi connectivity index (χ1v) is 10.8. The van der Waals surface area contributed by atoms with Crippen LogP contribution in [0.1, 0.15) is 24.5 Å². The predicted octanol–water partition coefficient (Wildman–Crippen LogP) is 0.518.